The van der Waals surface area contributed by atoms with Gasteiger partial charge in [0.15, 0.2) is 5.70 Å². The first-order valence-corrected chi connectivity index (χ1v) is 6.96. The molecule has 0 bridgehead atoms. The summed E-state index contributed by atoms with van der Waals surface area (Å²) in [6.07, 6.45) is -3.53. The highest BCUT2D eigenvalue weighted by Gasteiger charge is 2.30. The van der Waals surface area contributed by atoms with Gasteiger partial charge in [-0.25, -0.2) is 9.79 Å². The number of halogens is 3. The molecule has 1 aromatic rings. The van der Waals surface area contributed by atoms with Crippen LogP contribution in [0.2, 0.25) is 0 Å². The van der Waals surface area contributed by atoms with Crippen molar-refractivity contribution < 1.29 is 22.7 Å². The predicted molar refractivity (Wildman–Crippen MR) is 86.2 cm³/mol. The fourth-order valence-electron chi connectivity index (χ4n) is 1.76. The molecule has 8 heteroatoms. The lowest BCUT2D eigenvalue weighted by molar-refractivity contribution is -0.139. The van der Waals surface area contributed by atoms with Crippen LogP contribution >= 0.6 is 0 Å². The van der Waals surface area contributed by atoms with E-state index in [4.69, 9.17) is 10.5 Å². The summed E-state index contributed by atoms with van der Waals surface area (Å²) in [6.45, 7) is 7.02. The maximum absolute atomic E-state index is 12.7. The van der Waals surface area contributed by atoms with Gasteiger partial charge in [0.1, 0.15) is 0 Å². The number of anilines is 1. The normalized spacial score (nSPS) is 12.7. The van der Waals surface area contributed by atoms with Crippen LogP contribution in [-0.2, 0) is 15.7 Å². The molecule has 0 saturated heterocycles. The Labute approximate surface area is 137 Å². The highest BCUT2D eigenvalue weighted by Crippen LogP contribution is 2.31. The molecule has 24 heavy (non-hydrogen) atoms. The van der Waals surface area contributed by atoms with Gasteiger partial charge < -0.3 is 15.8 Å². The van der Waals surface area contributed by atoms with Crippen molar-refractivity contribution in [3.63, 3.8) is 0 Å². The van der Waals surface area contributed by atoms with Gasteiger partial charge in [-0.15, -0.1) is 0 Å². The molecule has 0 unspecified atom stereocenters. The molecule has 3 N–H and O–H groups in total. The molecule has 5 nitrogen and oxygen atoms in total. The van der Waals surface area contributed by atoms with E-state index in [0.29, 0.717) is 5.57 Å². The zero-order valence-electron chi connectivity index (χ0n) is 13.3. The number of alkyl halides is 3. The molecule has 1 aromatic carbocycles. The topological polar surface area (TPSA) is 76.7 Å². The van der Waals surface area contributed by atoms with Crippen molar-refractivity contribution in [1.29, 1.82) is 0 Å². The second-order valence-corrected chi connectivity index (χ2v) is 4.65. The minimum absolute atomic E-state index is 0.0798. The van der Waals surface area contributed by atoms with E-state index in [0.717, 1.165) is 18.5 Å². The van der Waals surface area contributed by atoms with E-state index < -0.39 is 17.7 Å². The molecular formula is C16H18F3N3O2. The summed E-state index contributed by atoms with van der Waals surface area (Å²) in [5.41, 5.74) is 5.01. The van der Waals surface area contributed by atoms with E-state index in [9.17, 15) is 18.0 Å². The smallest absolute Gasteiger partial charge is 0.416 e. The Morgan fingerprint density at radius 3 is 2.67 bits per heavy atom. The van der Waals surface area contributed by atoms with Crippen molar-refractivity contribution in [3.8, 4) is 0 Å². The van der Waals surface area contributed by atoms with Gasteiger partial charge in [0.05, 0.1) is 18.5 Å². The SMILES string of the molecule is C=C(Nc1cccc(C(F)(F)F)c1)/C(C)=C(\N=C/N)C(=O)OCC. The van der Waals surface area contributed by atoms with Crippen molar-refractivity contribution in [3.05, 3.63) is 53.4 Å². The molecule has 0 aliphatic rings. The van der Waals surface area contributed by atoms with Gasteiger partial charge in [0.25, 0.3) is 0 Å². The number of aliphatic imine (C=N–C) groups is 1. The zero-order chi connectivity index (χ0) is 18.3. The highest BCUT2D eigenvalue weighted by molar-refractivity contribution is 5.91. The Kier molecular flexibility index (Phi) is 6.58. The van der Waals surface area contributed by atoms with E-state index >= 15 is 0 Å². The van der Waals surface area contributed by atoms with E-state index in [1.807, 2.05) is 0 Å². The highest BCUT2D eigenvalue weighted by atomic mass is 19.4. The number of rotatable bonds is 6. The van der Waals surface area contributed by atoms with Gasteiger partial charge in [-0.1, -0.05) is 12.6 Å². The molecule has 0 saturated carbocycles. The van der Waals surface area contributed by atoms with E-state index in [1.54, 1.807) is 6.92 Å². The molecule has 0 spiro atoms. The second-order valence-electron chi connectivity index (χ2n) is 4.65. The van der Waals surface area contributed by atoms with Crippen LogP contribution in [0.25, 0.3) is 0 Å². The first-order valence-electron chi connectivity index (χ1n) is 6.96. The van der Waals surface area contributed by atoms with Crippen molar-refractivity contribution in [2.24, 2.45) is 10.7 Å². The fraction of sp³-hybridized carbons (Fsp3) is 0.250. The first-order chi connectivity index (χ1) is 11.2. The number of carbonyl (C=O) groups is 1. The van der Waals surface area contributed by atoms with Crippen LogP contribution in [0.15, 0.2) is 52.8 Å². The van der Waals surface area contributed by atoms with Crippen LogP contribution in [0.4, 0.5) is 18.9 Å². The summed E-state index contributed by atoms with van der Waals surface area (Å²) < 4.78 is 43.0. The Hall–Kier alpha value is -2.77. The monoisotopic (exact) mass is 341 g/mol. The lowest BCUT2D eigenvalue weighted by Crippen LogP contribution is -2.12. The first kappa shape index (κ1) is 19.3. The van der Waals surface area contributed by atoms with Crippen molar-refractivity contribution >= 4 is 18.0 Å². The molecular weight excluding hydrogens is 323 g/mol. The number of allylic oxidation sites excluding steroid dienone is 1. The molecule has 0 aliphatic carbocycles. The number of esters is 1. The number of nitrogens with zero attached hydrogens (tertiary/aromatic N) is 1. The number of hydrogen-bond donors (Lipinski definition) is 2. The summed E-state index contributed by atoms with van der Waals surface area (Å²) in [5, 5.41) is 2.72. The number of carbonyl (C=O) groups excluding carboxylic acids is 1. The third kappa shape index (κ3) is 5.15. The van der Waals surface area contributed by atoms with Crippen molar-refractivity contribution in [2.75, 3.05) is 11.9 Å². The number of ether oxygens (including phenoxy) is 1. The van der Waals surface area contributed by atoms with Gasteiger partial charge in [0.2, 0.25) is 0 Å². The number of benzene rings is 1. The molecule has 0 heterocycles. The van der Waals surface area contributed by atoms with Gasteiger partial charge in [-0.2, -0.15) is 13.2 Å². The van der Waals surface area contributed by atoms with Crippen molar-refractivity contribution in [1.82, 2.24) is 0 Å². The van der Waals surface area contributed by atoms with Crippen LogP contribution in [0.3, 0.4) is 0 Å². The maximum Gasteiger partial charge on any atom is 0.416 e. The van der Waals surface area contributed by atoms with Crippen LogP contribution in [0, 0.1) is 0 Å². The van der Waals surface area contributed by atoms with Gasteiger partial charge in [0, 0.05) is 17.0 Å². The third-order valence-corrected chi connectivity index (χ3v) is 2.97. The number of hydrogen-bond acceptors (Lipinski definition) is 4. The Morgan fingerprint density at radius 2 is 2.12 bits per heavy atom. The second kappa shape index (κ2) is 8.19. The summed E-state index contributed by atoms with van der Waals surface area (Å²) in [7, 11) is 0. The molecule has 0 aliphatic heterocycles. The average Bonchev–Trinajstić information content (AvgIpc) is 2.51. The average molecular weight is 341 g/mol. The molecule has 0 amide bonds. The van der Waals surface area contributed by atoms with Gasteiger partial charge in [-0.3, -0.25) is 0 Å². The summed E-state index contributed by atoms with van der Waals surface area (Å²) in [4.78, 5) is 15.6. The lowest BCUT2D eigenvalue weighted by Gasteiger charge is -2.14. The van der Waals surface area contributed by atoms with Gasteiger partial charge >= 0.3 is 12.1 Å². The minimum Gasteiger partial charge on any atom is -0.461 e. The van der Waals surface area contributed by atoms with Crippen LogP contribution in [0.1, 0.15) is 19.4 Å². The number of nitrogens with two attached hydrogens (primary N) is 1. The molecule has 0 fully saturated rings. The fourth-order valence-corrected chi connectivity index (χ4v) is 1.76. The van der Waals surface area contributed by atoms with Gasteiger partial charge in [-0.05, 0) is 32.0 Å². The van der Waals surface area contributed by atoms with Crippen LogP contribution in [-0.4, -0.2) is 18.9 Å². The van der Waals surface area contributed by atoms with E-state index in [2.05, 4.69) is 16.9 Å². The number of nitrogens with one attached hydrogen (secondary N) is 1. The molecule has 0 atom stereocenters. The molecule has 1 rings (SSSR count). The lowest BCUT2D eigenvalue weighted by atomic mass is 10.1. The largest absolute Gasteiger partial charge is 0.461 e. The molecule has 0 radical (unpaired) electrons. The standard InChI is InChI=1S/C16H18F3N3O2/c1-4-24-15(23)14(21-9-20)10(2)11(3)22-13-7-5-6-12(8-13)16(17,18)19/h5-9,22H,3-4H2,1-2H3,(H2,20,21)/b14-10-. The summed E-state index contributed by atoms with van der Waals surface area (Å²) in [6, 6.07) is 4.61. The molecule has 130 valence electrons. The molecule has 0 aromatic heterocycles. The third-order valence-electron chi connectivity index (χ3n) is 2.97. The Morgan fingerprint density at radius 1 is 1.46 bits per heavy atom. The summed E-state index contributed by atoms with van der Waals surface area (Å²) in [5.74, 6) is -0.705. The quantitative estimate of drug-likeness (QED) is 0.273. The Bertz CT molecular complexity index is 679. The van der Waals surface area contributed by atoms with E-state index in [1.165, 1.54) is 19.1 Å². The van der Waals surface area contributed by atoms with Crippen LogP contribution < -0.4 is 11.1 Å². The Balaban J connectivity index is 3.08. The minimum atomic E-state index is -4.45. The van der Waals surface area contributed by atoms with E-state index in [-0.39, 0.29) is 23.7 Å². The summed E-state index contributed by atoms with van der Waals surface area (Å²) >= 11 is 0. The maximum atomic E-state index is 12.7. The van der Waals surface area contributed by atoms with Crippen LogP contribution in [0.5, 0.6) is 0 Å². The predicted octanol–water partition coefficient (Wildman–Crippen LogP) is 3.46. The zero-order valence-corrected chi connectivity index (χ0v) is 13.3. The van der Waals surface area contributed by atoms with Crippen molar-refractivity contribution in [2.45, 2.75) is 20.0 Å².